The Morgan fingerprint density at radius 1 is 1.05 bits per heavy atom. The van der Waals surface area contributed by atoms with Gasteiger partial charge < -0.3 is 10.5 Å². The number of hydrogen-bond donors (Lipinski definition) is 1. The van der Waals surface area contributed by atoms with Crippen LogP contribution in [0.4, 0.5) is 0 Å². The number of ether oxygens (including phenoxy) is 1. The molecule has 2 unspecified atom stereocenters. The fourth-order valence-corrected chi connectivity index (χ4v) is 3.56. The Balaban J connectivity index is 1.98. The fourth-order valence-electron chi connectivity index (χ4n) is 2.43. The van der Waals surface area contributed by atoms with Crippen molar-refractivity contribution in [2.24, 2.45) is 5.73 Å². The molecule has 1 aliphatic heterocycles. The minimum Gasteiger partial charge on any atom is -0.485 e. The standard InChI is InChI=1S/C15H12Br2ClNO/c16-8-1-3-10(12(18)5-8)15-7-13(19)11-4-2-9(17)6-14(11)20-15/h1-6,13,15H,7,19H2. The molecule has 0 saturated heterocycles. The van der Waals surface area contributed by atoms with Crippen LogP contribution in [0.5, 0.6) is 5.75 Å². The molecule has 2 aromatic carbocycles. The molecule has 0 saturated carbocycles. The molecular formula is C15H12Br2ClNO. The van der Waals surface area contributed by atoms with Crippen LogP contribution in [0.15, 0.2) is 45.3 Å². The lowest BCUT2D eigenvalue weighted by Gasteiger charge is -2.31. The summed E-state index contributed by atoms with van der Waals surface area (Å²) in [6.45, 7) is 0. The van der Waals surface area contributed by atoms with E-state index in [1.807, 2.05) is 36.4 Å². The van der Waals surface area contributed by atoms with Crippen LogP contribution >= 0.6 is 43.5 Å². The minimum absolute atomic E-state index is 0.0448. The molecule has 0 aliphatic carbocycles. The lowest BCUT2D eigenvalue weighted by Crippen LogP contribution is -2.24. The van der Waals surface area contributed by atoms with Crippen molar-refractivity contribution in [3.05, 3.63) is 61.5 Å². The predicted octanol–water partition coefficient (Wildman–Crippen LogP) is 5.39. The van der Waals surface area contributed by atoms with Crippen molar-refractivity contribution < 1.29 is 4.74 Å². The maximum Gasteiger partial charge on any atom is 0.127 e. The van der Waals surface area contributed by atoms with Crippen LogP contribution in [0.2, 0.25) is 5.02 Å². The first-order valence-electron chi connectivity index (χ1n) is 6.21. The molecule has 2 aromatic rings. The Bertz CT molecular complexity index is 662. The smallest absolute Gasteiger partial charge is 0.127 e. The lowest BCUT2D eigenvalue weighted by molar-refractivity contribution is 0.161. The molecular weight excluding hydrogens is 405 g/mol. The summed E-state index contributed by atoms with van der Waals surface area (Å²) >= 11 is 13.2. The van der Waals surface area contributed by atoms with Crippen LogP contribution in [0.1, 0.15) is 29.7 Å². The van der Waals surface area contributed by atoms with Gasteiger partial charge in [-0.3, -0.25) is 0 Å². The Morgan fingerprint density at radius 2 is 1.70 bits per heavy atom. The van der Waals surface area contributed by atoms with E-state index in [0.717, 1.165) is 32.2 Å². The van der Waals surface area contributed by atoms with Crippen molar-refractivity contribution in [1.29, 1.82) is 0 Å². The van der Waals surface area contributed by atoms with E-state index in [1.165, 1.54) is 0 Å². The summed E-state index contributed by atoms with van der Waals surface area (Å²) in [4.78, 5) is 0. The van der Waals surface area contributed by atoms with E-state index in [-0.39, 0.29) is 12.1 Å². The van der Waals surface area contributed by atoms with Crippen molar-refractivity contribution >= 4 is 43.5 Å². The van der Waals surface area contributed by atoms with Crippen LogP contribution in [0.25, 0.3) is 0 Å². The highest BCUT2D eigenvalue weighted by Crippen LogP contribution is 2.42. The molecule has 3 rings (SSSR count). The van der Waals surface area contributed by atoms with Gasteiger partial charge in [0.05, 0.1) is 0 Å². The summed E-state index contributed by atoms with van der Waals surface area (Å²) in [5, 5.41) is 0.690. The normalized spacial score (nSPS) is 21.2. The largest absolute Gasteiger partial charge is 0.485 e. The van der Waals surface area contributed by atoms with Crippen molar-refractivity contribution in [1.82, 2.24) is 0 Å². The van der Waals surface area contributed by atoms with E-state index in [9.17, 15) is 0 Å². The van der Waals surface area contributed by atoms with Gasteiger partial charge in [0.2, 0.25) is 0 Å². The van der Waals surface area contributed by atoms with Crippen LogP contribution in [0.3, 0.4) is 0 Å². The molecule has 1 heterocycles. The second kappa shape index (κ2) is 5.68. The van der Waals surface area contributed by atoms with E-state index in [2.05, 4.69) is 31.9 Å². The number of halogens is 3. The minimum atomic E-state index is -0.118. The highest BCUT2D eigenvalue weighted by molar-refractivity contribution is 9.10. The van der Waals surface area contributed by atoms with E-state index >= 15 is 0 Å². The van der Waals surface area contributed by atoms with Gasteiger partial charge >= 0.3 is 0 Å². The third-order valence-corrected chi connectivity index (χ3v) is 4.74. The number of rotatable bonds is 1. The second-order valence-corrected chi connectivity index (χ2v) is 7.04. The summed E-state index contributed by atoms with van der Waals surface area (Å²) in [5.74, 6) is 0.821. The van der Waals surface area contributed by atoms with Crippen LogP contribution in [-0.4, -0.2) is 0 Å². The molecule has 1 aliphatic rings. The zero-order valence-corrected chi connectivity index (χ0v) is 14.4. The zero-order chi connectivity index (χ0) is 14.3. The fraction of sp³-hybridized carbons (Fsp3) is 0.200. The van der Waals surface area contributed by atoms with Crippen LogP contribution in [-0.2, 0) is 0 Å². The topological polar surface area (TPSA) is 35.2 Å². The number of benzene rings is 2. The summed E-state index contributed by atoms with van der Waals surface area (Å²) in [6, 6.07) is 11.7. The van der Waals surface area contributed by atoms with Crippen molar-refractivity contribution in [3.63, 3.8) is 0 Å². The van der Waals surface area contributed by atoms with E-state index in [4.69, 9.17) is 22.1 Å². The van der Waals surface area contributed by atoms with Gasteiger partial charge in [-0.15, -0.1) is 0 Å². The first-order valence-corrected chi connectivity index (χ1v) is 8.17. The summed E-state index contributed by atoms with van der Waals surface area (Å²) in [5.41, 5.74) is 8.26. The quantitative estimate of drug-likeness (QED) is 0.675. The van der Waals surface area contributed by atoms with E-state index in [1.54, 1.807) is 0 Å². The molecule has 0 fully saturated rings. The van der Waals surface area contributed by atoms with Gasteiger partial charge in [-0.2, -0.15) is 0 Å². The average molecular weight is 418 g/mol. The highest BCUT2D eigenvalue weighted by Gasteiger charge is 2.28. The third kappa shape index (κ3) is 2.75. The Morgan fingerprint density at radius 3 is 2.40 bits per heavy atom. The van der Waals surface area contributed by atoms with Gasteiger partial charge in [0.1, 0.15) is 11.9 Å². The Kier molecular flexibility index (Phi) is 4.09. The van der Waals surface area contributed by atoms with Gasteiger partial charge in [-0.1, -0.05) is 55.6 Å². The van der Waals surface area contributed by atoms with Crippen molar-refractivity contribution in [3.8, 4) is 5.75 Å². The molecule has 20 heavy (non-hydrogen) atoms. The van der Waals surface area contributed by atoms with Gasteiger partial charge in [0.25, 0.3) is 0 Å². The summed E-state index contributed by atoms with van der Waals surface area (Å²) < 4.78 is 8.01. The summed E-state index contributed by atoms with van der Waals surface area (Å²) in [6.07, 6.45) is 0.600. The molecule has 0 radical (unpaired) electrons. The van der Waals surface area contributed by atoms with E-state index in [0.29, 0.717) is 5.02 Å². The third-order valence-electron chi connectivity index (χ3n) is 3.42. The Labute approximate surface area is 139 Å². The molecule has 5 heteroatoms. The maximum absolute atomic E-state index is 6.31. The molecule has 0 bridgehead atoms. The molecule has 2 N–H and O–H groups in total. The van der Waals surface area contributed by atoms with E-state index < -0.39 is 0 Å². The first kappa shape index (κ1) is 14.4. The van der Waals surface area contributed by atoms with Crippen LogP contribution in [0, 0.1) is 0 Å². The SMILES string of the molecule is NC1CC(c2ccc(Br)cc2Cl)Oc2cc(Br)ccc21. The van der Waals surface area contributed by atoms with Gasteiger partial charge in [0.15, 0.2) is 0 Å². The van der Waals surface area contributed by atoms with Gasteiger partial charge in [-0.25, -0.2) is 0 Å². The van der Waals surface area contributed by atoms with Crippen LogP contribution < -0.4 is 10.5 Å². The zero-order valence-electron chi connectivity index (χ0n) is 10.4. The number of fused-ring (bicyclic) bond motifs is 1. The number of nitrogens with two attached hydrogens (primary N) is 1. The van der Waals surface area contributed by atoms with Crippen molar-refractivity contribution in [2.75, 3.05) is 0 Å². The molecule has 0 spiro atoms. The molecule has 104 valence electrons. The second-order valence-electron chi connectivity index (χ2n) is 4.80. The van der Waals surface area contributed by atoms with Gasteiger partial charge in [0, 0.05) is 37.6 Å². The molecule has 0 aromatic heterocycles. The highest BCUT2D eigenvalue weighted by atomic mass is 79.9. The lowest BCUT2D eigenvalue weighted by atomic mass is 9.93. The maximum atomic E-state index is 6.31. The molecule has 0 amide bonds. The molecule has 2 atom stereocenters. The monoisotopic (exact) mass is 415 g/mol. The Hall–Kier alpha value is -0.550. The average Bonchev–Trinajstić information content (AvgIpc) is 2.37. The van der Waals surface area contributed by atoms with Gasteiger partial charge in [-0.05, 0) is 24.3 Å². The predicted molar refractivity (Wildman–Crippen MR) is 88.2 cm³/mol. The summed E-state index contributed by atoms with van der Waals surface area (Å²) in [7, 11) is 0. The number of hydrogen-bond acceptors (Lipinski definition) is 2. The first-order chi connectivity index (χ1) is 9.54. The van der Waals surface area contributed by atoms with Crippen molar-refractivity contribution in [2.45, 2.75) is 18.6 Å². The molecule has 2 nitrogen and oxygen atoms in total.